The minimum absolute atomic E-state index is 0.146. The molecule has 22 heavy (non-hydrogen) atoms. The molecule has 2 heterocycles. The number of fused-ring (bicyclic) bond motifs is 1. The Kier molecular flexibility index (Phi) is 3.93. The van der Waals surface area contributed by atoms with Crippen molar-refractivity contribution in [1.29, 1.82) is 0 Å². The van der Waals surface area contributed by atoms with Crippen molar-refractivity contribution < 1.29 is 13.5 Å². The number of alkyl halides is 2. The van der Waals surface area contributed by atoms with E-state index < -0.39 is 12.2 Å². The van der Waals surface area contributed by atoms with E-state index in [4.69, 9.17) is 4.74 Å². The van der Waals surface area contributed by atoms with Gasteiger partial charge in [-0.25, -0.2) is 28.7 Å². The monoisotopic (exact) mass is 366 g/mol. The van der Waals surface area contributed by atoms with Gasteiger partial charge >= 0.3 is 6.01 Å². The molecule has 0 unspecified atom stereocenters. The fourth-order valence-electron chi connectivity index (χ4n) is 1.99. The van der Waals surface area contributed by atoms with Crippen LogP contribution in [0.4, 0.5) is 8.78 Å². The van der Waals surface area contributed by atoms with Crippen LogP contribution in [0.1, 0.15) is 17.9 Å². The van der Waals surface area contributed by atoms with E-state index in [0.717, 1.165) is 4.47 Å². The Morgan fingerprint density at radius 2 is 1.86 bits per heavy atom. The molecule has 0 aliphatic heterocycles. The first-order valence-corrected chi connectivity index (χ1v) is 7.04. The molecule has 8 heteroatoms. The van der Waals surface area contributed by atoms with E-state index in [9.17, 15) is 8.78 Å². The van der Waals surface area contributed by atoms with Crippen molar-refractivity contribution in [3.05, 3.63) is 46.6 Å². The van der Waals surface area contributed by atoms with Crippen LogP contribution in [0.2, 0.25) is 0 Å². The minimum Gasteiger partial charge on any atom is -0.424 e. The predicted octanol–water partition coefficient (Wildman–Crippen LogP) is 4.22. The topological polar surface area (TPSA) is 60.8 Å². The molecule has 0 N–H and O–H groups in total. The Balaban J connectivity index is 2.08. The zero-order chi connectivity index (χ0) is 15.7. The van der Waals surface area contributed by atoms with Gasteiger partial charge in [0.2, 0.25) is 0 Å². The van der Waals surface area contributed by atoms with Gasteiger partial charge in [0, 0.05) is 12.4 Å². The number of benzene rings is 1. The molecule has 0 radical (unpaired) electrons. The molecule has 112 valence electrons. The largest absolute Gasteiger partial charge is 0.424 e. The van der Waals surface area contributed by atoms with Gasteiger partial charge in [-0.3, -0.25) is 0 Å². The molecule has 0 aliphatic carbocycles. The third-order valence-corrected chi connectivity index (χ3v) is 3.29. The second-order valence-electron chi connectivity index (χ2n) is 4.40. The third kappa shape index (κ3) is 2.87. The Hall–Kier alpha value is -2.22. The highest BCUT2D eigenvalue weighted by Crippen LogP contribution is 2.30. The summed E-state index contributed by atoms with van der Waals surface area (Å²) in [5, 5.41) is 0.554. The summed E-state index contributed by atoms with van der Waals surface area (Å²) < 4.78 is 31.9. The van der Waals surface area contributed by atoms with Gasteiger partial charge in [0.15, 0.2) is 5.82 Å². The van der Waals surface area contributed by atoms with Gasteiger partial charge < -0.3 is 4.74 Å². The maximum Gasteiger partial charge on any atom is 0.321 e. The highest BCUT2D eigenvalue weighted by atomic mass is 79.9. The van der Waals surface area contributed by atoms with Crippen LogP contribution >= 0.6 is 15.9 Å². The molecule has 0 spiro atoms. The summed E-state index contributed by atoms with van der Waals surface area (Å²) in [5.74, 6) is -0.0832. The SMILES string of the molecule is Cc1nc(C(F)F)nc2cccc(Oc3ncc(Br)cn3)c12. The van der Waals surface area contributed by atoms with Crippen molar-refractivity contribution in [3.63, 3.8) is 0 Å². The lowest BCUT2D eigenvalue weighted by atomic mass is 10.1. The number of rotatable bonds is 3. The average Bonchev–Trinajstić information content (AvgIpc) is 2.49. The van der Waals surface area contributed by atoms with Crippen LogP contribution in [0.15, 0.2) is 35.1 Å². The number of halogens is 3. The number of hydrogen-bond donors (Lipinski definition) is 0. The Bertz CT molecular complexity index is 827. The fourth-order valence-corrected chi connectivity index (χ4v) is 2.19. The minimum atomic E-state index is -2.72. The van der Waals surface area contributed by atoms with Crippen molar-refractivity contribution in [2.45, 2.75) is 13.3 Å². The smallest absolute Gasteiger partial charge is 0.321 e. The average molecular weight is 367 g/mol. The summed E-state index contributed by atoms with van der Waals surface area (Å²) in [6.45, 7) is 1.63. The lowest BCUT2D eigenvalue weighted by molar-refractivity contribution is 0.140. The van der Waals surface area contributed by atoms with Gasteiger partial charge in [0.25, 0.3) is 6.43 Å². The quantitative estimate of drug-likeness (QED) is 0.694. The standard InChI is InChI=1S/C14H9BrF2N4O/c1-7-11-9(21-13(20-7)12(16)17)3-2-4-10(11)22-14-18-5-8(15)6-19-14/h2-6,12H,1H3. The molecule has 1 aromatic carbocycles. The number of ether oxygens (including phenoxy) is 1. The van der Waals surface area contributed by atoms with Crippen LogP contribution in [0, 0.1) is 6.92 Å². The lowest BCUT2D eigenvalue weighted by Crippen LogP contribution is -2.00. The van der Waals surface area contributed by atoms with Crippen LogP contribution < -0.4 is 4.74 Å². The van der Waals surface area contributed by atoms with E-state index in [1.54, 1.807) is 37.5 Å². The van der Waals surface area contributed by atoms with Crippen LogP contribution in [-0.4, -0.2) is 19.9 Å². The fraction of sp³-hybridized carbons (Fsp3) is 0.143. The molecule has 3 aromatic rings. The van der Waals surface area contributed by atoms with Crippen molar-refractivity contribution in [2.24, 2.45) is 0 Å². The zero-order valence-electron chi connectivity index (χ0n) is 11.3. The molecule has 0 amide bonds. The molecule has 0 bridgehead atoms. The van der Waals surface area contributed by atoms with Crippen molar-refractivity contribution in [1.82, 2.24) is 19.9 Å². The summed E-state index contributed by atoms with van der Waals surface area (Å²) in [6.07, 6.45) is 0.375. The van der Waals surface area contributed by atoms with Gasteiger partial charge in [-0.05, 0) is 35.0 Å². The third-order valence-electron chi connectivity index (χ3n) is 2.88. The predicted molar refractivity (Wildman–Crippen MR) is 79.0 cm³/mol. The van der Waals surface area contributed by atoms with E-state index >= 15 is 0 Å². The molecular formula is C14H9BrF2N4O. The summed E-state index contributed by atoms with van der Waals surface area (Å²) in [7, 11) is 0. The van der Waals surface area contributed by atoms with Crippen molar-refractivity contribution in [2.75, 3.05) is 0 Å². The number of nitrogens with zero attached hydrogens (tertiary/aromatic N) is 4. The first-order valence-electron chi connectivity index (χ1n) is 6.25. The molecular weight excluding hydrogens is 358 g/mol. The molecule has 0 fully saturated rings. The van der Waals surface area contributed by atoms with Crippen LogP contribution in [0.25, 0.3) is 10.9 Å². The van der Waals surface area contributed by atoms with Gasteiger partial charge in [-0.1, -0.05) is 6.07 Å². The number of aryl methyl sites for hydroxylation is 1. The maximum atomic E-state index is 12.8. The summed E-state index contributed by atoms with van der Waals surface area (Å²) in [6, 6.07) is 5.13. The summed E-state index contributed by atoms with van der Waals surface area (Å²) in [4.78, 5) is 15.7. The Labute approximate surface area is 132 Å². The van der Waals surface area contributed by atoms with Gasteiger partial charge in [0.05, 0.1) is 21.1 Å². The molecule has 5 nitrogen and oxygen atoms in total. The number of hydrogen-bond acceptors (Lipinski definition) is 5. The molecule has 0 saturated carbocycles. The zero-order valence-corrected chi connectivity index (χ0v) is 12.9. The number of aromatic nitrogens is 4. The van der Waals surface area contributed by atoms with Gasteiger partial charge in [0.1, 0.15) is 5.75 Å². The lowest BCUT2D eigenvalue weighted by Gasteiger charge is -2.10. The van der Waals surface area contributed by atoms with E-state index in [-0.39, 0.29) is 6.01 Å². The first-order chi connectivity index (χ1) is 10.5. The van der Waals surface area contributed by atoms with Crippen molar-refractivity contribution >= 4 is 26.8 Å². The van der Waals surface area contributed by atoms with E-state index in [0.29, 0.717) is 22.3 Å². The molecule has 2 aromatic heterocycles. The highest BCUT2D eigenvalue weighted by molar-refractivity contribution is 9.10. The van der Waals surface area contributed by atoms with E-state index in [1.165, 1.54) is 0 Å². The van der Waals surface area contributed by atoms with Crippen molar-refractivity contribution in [3.8, 4) is 11.8 Å². The van der Waals surface area contributed by atoms with Gasteiger partial charge in [-0.2, -0.15) is 0 Å². The maximum absolute atomic E-state index is 12.8. The highest BCUT2D eigenvalue weighted by Gasteiger charge is 2.16. The molecule has 0 saturated heterocycles. The van der Waals surface area contributed by atoms with E-state index in [1.807, 2.05) is 0 Å². The Morgan fingerprint density at radius 1 is 1.14 bits per heavy atom. The van der Waals surface area contributed by atoms with Crippen LogP contribution in [-0.2, 0) is 0 Å². The normalized spacial score (nSPS) is 11.1. The molecule has 0 aliphatic rings. The van der Waals surface area contributed by atoms with Crippen LogP contribution in [0.5, 0.6) is 11.8 Å². The molecule has 3 rings (SSSR count). The Morgan fingerprint density at radius 3 is 2.55 bits per heavy atom. The van der Waals surface area contributed by atoms with Gasteiger partial charge in [-0.15, -0.1) is 0 Å². The van der Waals surface area contributed by atoms with Crippen LogP contribution in [0.3, 0.4) is 0 Å². The molecule has 0 atom stereocenters. The van der Waals surface area contributed by atoms with E-state index in [2.05, 4.69) is 35.9 Å². The first kappa shape index (κ1) is 14.7. The second kappa shape index (κ2) is 5.88. The second-order valence-corrected chi connectivity index (χ2v) is 5.32. The summed E-state index contributed by atoms with van der Waals surface area (Å²) in [5.41, 5.74) is 0.797. The summed E-state index contributed by atoms with van der Waals surface area (Å²) >= 11 is 3.23.